The number of aliphatic hydroxyl groups is 1. The number of nitrogens with one attached hydrogen (secondary N) is 2. The van der Waals surface area contributed by atoms with Crippen molar-refractivity contribution < 1.29 is 9.90 Å². The van der Waals surface area contributed by atoms with E-state index >= 15 is 0 Å². The zero-order valence-corrected chi connectivity index (χ0v) is 19.7. The third-order valence-electron chi connectivity index (χ3n) is 5.29. The standard InChI is InChI=1S/C26H27Cl2N3O2/c1-2-3-9-21(13-12-18-10-11-18)29-17-23(32)22(14-19-7-5-4-6-8-19)30-26(33)20-15-24(27)31-25(28)16-20/h1,4-8,15-16,18,21-23,29,32H,3,9-11,14,17H2,(H,30,33)/t21?,22-,23+/m0/s1. The minimum atomic E-state index is -0.863. The fraction of sp³-hybridized carbons (Fsp3) is 0.385. The lowest BCUT2D eigenvalue weighted by atomic mass is 10.00. The molecule has 1 aromatic carbocycles. The van der Waals surface area contributed by atoms with Gasteiger partial charge in [-0.25, -0.2) is 4.98 Å². The molecule has 1 saturated carbocycles. The van der Waals surface area contributed by atoms with Gasteiger partial charge in [-0.1, -0.05) is 65.4 Å². The van der Waals surface area contributed by atoms with E-state index in [1.807, 2.05) is 30.3 Å². The van der Waals surface area contributed by atoms with Crippen LogP contribution in [-0.2, 0) is 6.42 Å². The largest absolute Gasteiger partial charge is 0.390 e. The molecule has 33 heavy (non-hydrogen) atoms. The Morgan fingerprint density at radius 3 is 2.55 bits per heavy atom. The molecular formula is C26H27Cl2N3O2. The average Bonchev–Trinajstić information content (AvgIpc) is 3.62. The van der Waals surface area contributed by atoms with Crippen molar-refractivity contribution in [3.05, 3.63) is 63.9 Å². The smallest absolute Gasteiger partial charge is 0.251 e. The summed E-state index contributed by atoms with van der Waals surface area (Å²) in [5.74, 6) is 9.24. The highest BCUT2D eigenvalue weighted by Crippen LogP contribution is 2.27. The van der Waals surface area contributed by atoms with Gasteiger partial charge in [0.05, 0.1) is 18.2 Å². The van der Waals surface area contributed by atoms with Gasteiger partial charge in [0.25, 0.3) is 5.91 Å². The molecule has 1 heterocycles. The lowest BCUT2D eigenvalue weighted by molar-refractivity contribution is 0.0827. The molecule has 7 heteroatoms. The van der Waals surface area contributed by atoms with Crippen LogP contribution in [0.5, 0.6) is 0 Å². The van der Waals surface area contributed by atoms with Crippen molar-refractivity contribution >= 4 is 29.1 Å². The van der Waals surface area contributed by atoms with E-state index in [9.17, 15) is 9.90 Å². The van der Waals surface area contributed by atoms with E-state index in [1.54, 1.807) is 0 Å². The van der Waals surface area contributed by atoms with Gasteiger partial charge in [0.1, 0.15) is 10.3 Å². The summed E-state index contributed by atoms with van der Waals surface area (Å²) in [6.45, 7) is 0.254. The Hall–Kier alpha value is -2.54. The van der Waals surface area contributed by atoms with Crippen LogP contribution in [0.25, 0.3) is 0 Å². The molecule has 1 aromatic heterocycles. The molecule has 1 aliphatic rings. The number of benzene rings is 1. The fourth-order valence-electron chi connectivity index (χ4n) is 3.30. The zero-order chi connectivity index (χ0) is 23.6. The zero-order valence-electron chi connectivity index (χ0n) is 18.2. The van der Waals surface area contributed by atoms with Crippen molar-refractivity contribution in [1.82, 2.24) is 15.6 Å². The summed E-state index contributed by atoms with van der Waals surface area (Å²) in [5, 5.41) is 17.5. The Labute approximate surface area is 205 Å². The van der Waals surface area contributed by atoms with Gasteiger partial charge in [-0.3, -0.25) is 4.79 Å². The number of aromatic nitrogens is 1. The first-order valence-electron chi connectivity index (χ1n) is 11.0. The van der Waals surface area contributed by atoms with Crippen LogP contribution < -0.4 is 10.6 Å². The summed E-state index contributed by atoms with van der Waals surface area (Å²) < 4.78 is 0. The fourth-order valence-corrected chi connectivity index (χ4v) is 3.76. The van der Waals surface area contributed by atoms with Gasteiger partial charge in [0.2, 0.25) is 0 Å². The summed E-state index contributed by atoms with van der Waals surface area (Å²) in [6, 6.07) is 11.9. The van der Waals surface area contributed by atoms with Crippen LogP contribution in [0, 0.1) is 30.1 Å². The second kappa shape index (κ2) is 12.6. The summed E-state index contributed by atoms with van der Waals surface area (Å²) in [4.78, 5) is 16.8. The highest BCUT2D eigenvalue weighted by atomic mass is 35.5. The van der Waals surface area contributed by atoms with Crippen LogP contribution >= 0.6 is 23.2 Å². The van der Waals surface area contributed by atoms with Crippen molar-refractivity contribution in [2.24, 2.45) is 5.92 Å². The Kier molecular flexibility index (Phi) is 9.61. The molecule has 5 nitrogen and oxygen atoms in total. The molecule has 0 radical (unpaired) electrons. The first kappa shape index (κ1) is 25.1. The van der Waals surface area contributed by atoms with Crippen molar-refractivity contribution in [2.75, 3.05) is 6.54 Å². The molecule has 1 fully saturated rings. The molecule has 2 aromatic rings. The number of nitrogens with zero attached hydrogens (tertiary/aromatic N) is 1. The molecule has 172 valence electrons. The number of hydrogen-bond donors (Lipinski definition) is 3. The number of halogens is 2. The van der Waals surface area contributed by atoms with Crippen LogP contribution in [0.3, 0.4) is 0 Å². The minimum Gasteiger partial charge on any atom is -0.390 e. The minimum absolute atomic E-state index is 0.109. The maximum Gasteiger partial charge on any atom is 0.251 e. The molecule has 3 atom stereocenters. The molecule has 0 bridgehead atoms. The summed E-state index contributed by atoms with van der Waals surface area (Å²) in [7, 11) is 0. The number of terminal acetylenes is 1. The van der Waals surface area contributed by atoms with E-state index in [0.29, 0.717) is 25.2 Å². The maximum atomic E-state index is 12.9. The van der Waals surface area contributed by atoms with Gasteiger partial charge >= 0.3 is 0 Å². The molecule has 3 N–H and O–H groups in total. The molecule has 1 aliphatic carbocycles. The van der Waals surface area contributed by atoms with Crippen molar-refractivity contribution in [1.29, 1.82) is 0 Å². The molecule has 0 aliphatic heterocycles. The van der Waals surface area contributed by atoms with E-state index in [4.69, 9.17) is 29.6 Å². The number of carbonyl (C=O) groups is 1. The number of carbonyl (C=O) groups excluding carboxylic acids is 1. The summed E-state index contributed by atoms with van der Waals surface area (Å²) >= 11 is 11.9. The van der Waals surface area contributed by atoms with Gasteiger partial charge in [0.15, 0.2) is 0 Å². The highest BCUT2D eigenvalue weighted by Gasteiger charge is 2.24. The van der Waals surface area contributed by atoms with Crippen LogP contribution in [-0.4, -0.2) is 40.7 Å². The Balaban J connectivity index is 1.69. The lowest BCUT2D eigenvalue weighted by Gasteiger charge is -2.26. The molecule has 0 spiro atoms. The summed E-state index contributed by atoms with van der Waals surface area (Å²) in [5.41, 5.74) is 1.27. The van der Waals surface area contributed by atoms with Crippen molar-refractivity contribution in [3.63, 3.8) is 0 Å². The topological polar surface area (TPSA) is 74.2 Å². The second-order valence-corrected chi connectivity index (χ2v) is 8.88. The monoisotopic (exact) mass is 483 g/mol. The van der Waals surface area contributed by atoms with Crippen molar-refractivity contribution in [3.8, 4) is 24.2 Å². The number of pyridine rings is 1. The maximum absolute atomic E-state index is 12.9. The molecule has 3 rings (SSSR count). The predicted molar refractivity (Wildman–Crippen MR) is 132 cm³/mol. The summed E-state index contributed by atoms with van der Waals surface area (Å²) in [6.07, 6.45) is 8.59. The van der Waals surface area contributed by atoms with Crippen LogP contribution in [0.1, 0.15) is 41.6 Å². The van der Waals surface area contributed by atoms with Crippen LogP contribution in [0.4, 0.5) is 0 Å². The number of aliphatic hydroxyl groups excluding tert-OH is 1. The van der Waals surface area contributed by atoms with Crippen molar-refractivity contribution in [2.45, 2.75) is 50.3 Å². The SMILES string of the molecule is C#CCCC(C#CC1CC1)NC[C@@H](O)[C@H](Cc1ccccc1)NC(=O)c1cc(Cl)nc(Cl)c1. The van der Waals surface area contributed by atoms with E-state index in [2.05, 4.69) is 33.4 Å². The van der Waals surface area contributed by atoms with Gasteiger partial charge in [-0.15, -0.1) is 12.3 Å². The first-order valence-corrected chi connectivity index (χ1v) is 11.7. The van der Waals surface area contributed by atoms with Gasteiger partial charge in [0, 0.05) is 24.4 Å². The lowest BCUT2D eigenvalue weighted by Crippen LogP contribution is -2.50. The third kappa shape index (κ3) is 8.72. The van der Waals surface area contributed by atoms with Crippen LogP contribution in [0.15, 0.2) is 42.5 Å². The first-order chi connectivity index (χ1) is 15.9. The number of hydrogen-bond acceptors (Lipinski definition) is 4. The van der Waals surface area contributed by atoms with E-state index in [0.717, 1.165) is 18.4 Å². The average molecular weight is 484 g/mol. The Bertz CT molecular complexity index is 1020. The normalized spacial score (nSPS) is 15.5. The van der Waals surface area contributed by atoms with E-state index in [1.165, 1.54) is 12.1 Å². The van der Waals surface area contributed by atoms with E-state index in [-0.39, 0.29) is 28.5 Å². The molecular weight excluding hydrogens is 457 g/mol. The van der Waals surface area contributed by atoms with Gasteiger partial charge in [-0.2, -0.15) is 0 Å². The molecule has 1 amide bonds. The van der Waals surface area contributed by atoms with Gasteiger partial charge < -0.3 is 15.7 Å². The second-order valence-electron chi connectivity index (χ2n) is 8.10. The van der Waals surface area contributed by atoms with E-state index < -0.39 is 18.1 Å². The molecule has 1 unspecified atom stereocenters. The number of rotatable bonds is 10. The van der Waals surface area contributed by atoms with Gasteiger partial charge in [-0.05, 0) is 43.4 Å². The quantitative estimate of drug-likeness (QED) is 0.354. The number of amides is 1. The third-order valence-corrected chi connectivity index (χ3v) is 5.68. The molecule has 0 saturated heterocycles. The van der Waals surface area contributed by atoms with Crippen LogP contribution in [0.2, 0.25) is 10.3 Å². The Morgan fingerprint density at radius 1 is 1.21 bits per heavy atom. The highest BCUT2D eigenvalue weighted by molar-refractivity contribution is 6.33. The predicted octanol–water partition coefficient (Wildman–Crippen LogP) is 3.88. The Morgan fingerprint density at radius 2 is 1.91 bits per heavy atom.